The van der Waals surface area contributed by atoms with E-state index in [0.29, 0.717) is 19.4 Å². The number of amides is 2. The van der Waals surface area contributed by atoms with Gasteiger partial charge in [-0.25, -0.2) is 17.9 Å². The Morgan fingerprint density at radius 3 is 2.26 bits per heavy atom. The molecule has 0 aliphatic rings. The van der Waals surface area contributed by atoms with Gasteiger partial charge in [-0.05, 0) is 19.9 Å². The fourth-order valence-corrected chi connectivity index (χ4v) is 1.82. The summed E-state index contributed by atoms with van der Waals surface area (Å²) < 4.78 is 24.2. The number of urea groups is 1. The van der Waals surface area contributed by atoms with Gasteiger partial charge in [0, 0.05) is 19.5 Å². The van der Waals surface area contributed by atoms with E-state index in [2.05, 4.69) is 15.4 Å². The van der Waals surface area contributed by atoms with E-state index in [9.17, 15) is 18.0 Å². The first-order chi connectivity index (χ1) is 8.87. The number of rotatable bonds is 10. The minimum absolute atomic E-state index is 0.0357. The fourth-order valence-electron chi connectivity index (χ4n) is 1.24. The van der Waals surface area contributed by atoms with Gasteiger partial charge in [0.05, 0.1) is 5.75 Å². The van der Waals surface area contributed by atoms with Crippen molar-refractivity contribution in [1.82, 2.24) is 15.4 Å². The molecular formula is C10H21N3O5S. The third-order valence-electron chi connectivity index (χ3n) is 2.32. The summed E-state index contributed by atoms with van der Waals surface area (Å²) in [5.41, 5.74) is 0. The second-order valence-corrected chi connectivity index (χ2v) is 5.96. The van der Waals surface area contributed by atoms with Gasteiger partial charge in [-0.3, -0.25) is 4.79 Å². The third kappa shape index (κ3) is 11.5. The zero-order valence-electron chi connectivity index (χ0n) is 10.9. The van der Waals surface area contributed by atoms with Crippen LogP contribution in [0, 0.1) is 0 Å². The van der Waals surface area contributed by atoms with Gasteiger partial charge in [0.2, 0.25) is 10.0 Å². The Kier molecular flexibility index (Phi) is 8.88. The summed E-state index contributed by atoms with van der Waals surface area (Å²) in [5.74, 6) is -0.994. The molecule has 0 saturated carbocycles. The predicted molar refractivity (Wildman–Crippen MR) is 70.4 cm³/mol. The van der Waals surface area contributed by atoms with Crippen molar-refractivity contribution in [3.63, 3.8) is 0 Å². The van der Waals surface area contributed by atoms with Crippen LogP contribution in [-0.4, -0.2) is 51.4 Å². The van der Waals surface area contributed by atoms with Crippen LogP contribution in [0.2, 0.25) is 0 Å². The van der Waals surface area contributed by atoms with Gasteiger partial charge in [0.1, 0.15) is 0 Å². The molecular weight excluding hydrogens is 274 g/mol. The van der Waals surface area contributed by atoms with Gasteiger partial charge in [0.15, 0.2) is 0 Å². The highest BCUT2D eigenvalue weighted by atomic mass is 32.2. The molecule has 0 aliphatic heterocycles. The van der Waals surface area contributed by atoms with Crippen molar-refractivity contribution in [2.24, 2.45) is 0 Å². The van der Waals surface area contributed by atoms with Crippen LogP contribution in [0.25, 0.3) is 0 Å². The van der Waals surface area contributed by atoms with Crippen molar-refractivity contribution < 1.29 is 23.1 Å². The highest BCUT2D eigenvalue weighted by Gasteiger charge is 2.07. The molecule has 0 bridgehead atoms. The molecule has 0 heterocycles. The summed E-state index contributed by atoms with van der Waals surface area (Å²) in [6.45, 7) is 0.470. The average Bonchev–Trinajstić information content (AvgIpc) is 2.33. The highest BCUT2D eigenvalue weighted by Crippen LogP contribution is 1.98. The number of carbonyl (C=O) groups is 2. The van der Waals surface area contributed by atoms with Gasteiger partial charge in [-0.2, -0.15) is 0 Å². The topological polar surface area (TPSA) is 125 Å². The minimum Gasteiger partial charge on any atom is -0.481 e. The molecule has 0 aromatic heterocycles. The van der Waals surface area contributed by atoms with Crippen molar-refractivity contribution >= 4 is 22.0 Å². The molecule has 0 fully saturated rings. The largest absolute Gasteiger partial charge is 0.481 e. The van der Waals surface area contributed by atoms with E-state index in [1.54, 1.807) is 0 Å². The summed E-state index contributed by atoms with van der Waals surface area (Å²) in [6.07, 6.45) is 2.13. The molecule has 0 radical (unpaired) electrons. The molecule has 112 valence electrons. The SMILES string of the molecule is CNS(=O)(=O)CCNC(=O)NCCCCCC(=O)O. The molecule has 0 unspecified atom stereocenters. The minimum atomic E-state index is -3.30. The second kappa shape index (κ2) is 9.56. The van der Waals surface area contributed by atoms with Crippen molar-refractivity contribution in [3.8, 4) is 0 Å². The lowest BCUT2D eigenvalue weighted by Gasteiger charge is -2.07. The summed E-state index contributed by atoms with van der Waals surface area (Å²) in [4.78, 5) is 21.5. The molecule has 19 heavy (non-hydrogen) atoms. The molecule has 0 aliphatic carbocycles. The number of carboxylic acid groups (broad SMARTS) is 1. The normalized spacial score (nSPS) is 11.0. The molecule has 8 nitrogen and oxygen atoms in total. The maximum absolute atomic E-state index is 11.2. The summed E-state index contributed by atoms with van der Waals surface area (Å²) in [7, 11) is -1.99. The van der Waals surface area contributed by atoms with Crippen molar-refractivity contribution in [3.05, 3.63) is 0 Å². The van der Waals surface area contributed by atoms with Gasteiger partial charge >= 0.3 is 12.0 Å². The number of sulfonamides is 1. The maximum Gasteiger partial charge on any atom is 0.314 e. The second-order valence-electron chi connectivity index (χ2n) is 3.91. The monoisotopic (exact) mass is 295 g/mol. The highest BCUT2D eigenvalue weighted by molar-refractivity contribution is 7.89. The lowest BCUT2D eigenvalue weighted by Crippen LogP contribution is -2.39. The number of aliphatic carboxylic acids is 1. The first-order valence-electron chi connectivity index (χ1n) is 6.02. The molecule has 2 amide bonds. The summed E-state index contributed by atoms with van der Waals surface area (Å²) in [5, 5.41) is 13.4. The van der Waals surface area contributed by atoms with E-state index < -0.39 is 22.0 Å². The van der Waals surface area contributed by atoms with E-state index in [1.807, 2.05) is 0 Å². The summed E-state index contributed by atoms with van der Waals surface area (Å²) in [6, 6.07) is -0.426. The number of hydrogen-bond acceptors (Lipinski definition) is 4. The standard InChI is InChI=1S/C10H21N3O5S/c1-11-19(17,18)8-7-13-10(16)12-6-4-2-3-5-9(14)15/h11H,2-8H2,1H3,(H,14,15)(H2,12,13,16). The molecule has 0 aromatic rings. The van der Waals surface area contributed by atoms with Gasteiger partial charge in [-0.15, -0.1) is 0 Å². The van der Waals surface area contributed by atoms with Crippen LogP contribution in [0.15, 0.2) is 0 Å². The Bertz CT molecular complexity index is 383. The van der Waals surface area contributed by atoms with E-state index in [4.69, 9.17) is 5.11 Å². The third-order valence-corrected chi connectivity index (χ3v) is 3.68. The zero-order valence-corrected chi connectivity index (χ0v) is 11.8. The van der Waals surface area contributed by atoms with Crippen LogP contribution in [0.1, 0.15) is 25.7 Å². The van der Waals surface area contributed by atoms with E-state index >= 15 is 0 Å². The van der Waals surface area contributed by atoms with E-state index in [-0.39, 0.29) is 18.7 Å². The maximum atomic E-state index is 11.2. The Morgan fingerprint density at radius 1 is 1.05 bits per heavy atom. The Hall–Kier alpha value is -1.35. The first kappa shape index (κ1) is 17.6. The summed E-state index contributed by atoms with van der Waals surface area (Å²) >= 11 is 0. The Morgan fingerprint density at radius 2 is 1.68 bits per heavy atom. The van der Waals surface area contributed by atoms with Crippen molar-refractivity contribution in [1.29, 1.82) is 0 Å². The lowest BCUT2D eigenvalue weighted by molar-refractivity contribution is -0.137. The molecule has 0 atom stereocenters. The molecule has 0 rings (SSSR count). The fraction of sp³-hybridized carbons (Fsp3) is 0.800. The number of nitrogens with one attached hydrogen (secondary N) is 3. The van der Waals surface area contributed by atoms with E-state index in [1.165, 1.54) is 7.05 Å². The van der Waals surface area contributed by atoms with Crippen LogP contribution in [0.4, 0.5) is 4.79 Å². The lowest BCUT2D eigenvalue weighted by atomic mass is 10.2. The number of carboxylic acids is 1. The van der Waals surface area contributed by atoms with Crippen molar-refractivity contribution in [2.45, 2.75) is 25.7 Å². The van der Waals surface area contributed by atoms with Crippen LogP contribution in [0.3, 0.4) is 0 Å². The quantitative estimate of drug-likeness (QED) is 0.404. The van der Waals surface area contributed by atoms with Crippen molar-refractivity contribution in [2.75, 3.05) is 25.9 Å². The van der Waals surface area contributed by atoms with E-state index in [0.717, 1.165) is 6.42 Å². The smallest absolute Gasteiger partial charge is 0.314 e. The van der Waals surface area contributed by atoms with Crippen LogP contribution >= 0.6 is 0 Å². The molecule has 4 N–H and O–H groups in total. The number of hydrogen-bond donors (Lipinski definition) is 4. The average molecular weight is 295 g/mol. The zero-order chi connectivity index (χ0) is 14.7. The predicted octanol–water partition coefficient (Wildman–Crippen LogP) is -0.520. The Labute approximate surface area is 113 Å². The van der Waals surface area contributed by atoms with Crippen LogP contribution < -0.4 is 15.4 Å². The van der Waals surface area contributed by atoms with Gasteiger partial charge < -0.3 is 15.7 Å². The molecule has 9 heteroatoms. The Balaban J connectivity index is 3.48. The van der Waals surface area contributed by atoms with Crippen LogP contribution in [-0.2, 0) is 14.8 Å². The molecule has 0 saturated heterocycles. The van der Waals surface area contributed by atoms with Crippen LogP contribution in [0.5, 0.6) is 0 Å². The first-order valence-corrected chi connectivity index (χ1v) is 7.67. The molecule has 0 spiro atoms. The van der Waals surface area contributed by atoms with Gasteiger partial charge in [-0.1, -0.05) is 6.42 Å². The number of carbonyl (C=O) groups excluding carboxylic acids is 1. The van der Waals surface area contributed by atoms with Gasteiger partial charge in [0.25, 0.3) is 0 Å². The number of unbranched alkanes of at least 4 members (excludes halogenated alkanes) is 2. The molecule has 0 aromatic carbocycles.